The summed E-state index contributed by atoms with van der Waals surface area (Å²) in [6, 6.07) is 8.23. The van der Waals surface area contributed by atoms with E-state index in [-0.39, 0.29) is 24.7 Å². The van der Waals surface area contributed by atoms with Crippen LogP contribution in [0.5, 0.6) is 5.75 Å². The van der Waals surface area contributed by atoms with Crippen molar-refractivity contribution in [3.63, 3.8) is 0 Å². The van der Waals surface area contributed by atoms with Crippen LogP contribution in [-0.2, 0) is 16.1 Å². The predicted molar refractivity (Wildman–Crippen MR) is 98.9 cm³/mol. The molecule has 6 nitrogen and oxygen atoms in total. The van der Waals surface area contributed by atoms with E-state index in [1.165, 1.54) is 5.56 Å². The van der Waals surface area contributed by atoms with Crippen LogP contribution in [0.1, 0.15) is 25.3 Å². The number of carbonyl (C=O) groups is 1. The fraction of sp³-hybridized carbons (Fsp3) is 0.650. The molecule has 4 atom stereocenters. The number of hydrogen-bond donors (Lipinski definition) is 2. The number of nitrogens with one attached hydrogen (secondary N) is 1. The molecule has 2 aliphatic rings. The molecule has 0 bridgehead atoms. The average Bonchev–Trinajstić information content (AvgIpc) is 3.01. The van der Waals surface area contributed by atoms with Gasteiger partial charge in [0.1, 0.15) is 12.4 Å². The number of hydrogen-bond acceptors (Lipinski definition) is 5. The number of benzene rings is 1. The molecule has 1 aromatic rings. The standard InChI is InChI=1S/C20H30N2O4/c1-14(24)21-19-9-16-12-22(13-17(16)10-20(19)25-2)11-15-3-5-18(6-4-15)26-8-7-23/h3-6,16-17,19-20,23H,7-13H2,1-2H3,(H,21,24)/t16-,17+,19-,20-/m1/s1. The van der Waals surface area contributed by atoms with Crippen LogP contribution in [-0.4, -0.2) is 61.5 Å². The number of nitrogens with zero attached hydrogens (tertiary/aromatic N) is 1. The summed E-state index contributed by atoms with van der Waals surface area (Å²) in [5, 5.41) is 11.9. The summed E-state index contributed by atoms with van der Waals surface area (Å²) in [6.45, 7) is 5.01. The van der Waals surface area contributed by atoms with Crippen LogP contribution in [0.3, 0.4) is 0 Å². The first-order valence-electron chi connectivity index (χ1n) is 9.44. The number of carbonyl (C=O) groups excluding carboxylic acids is 1. The van der Waals surface area contributed by atoms with E-state index >= 15 is 0 Å². The summed E-state index contributed by atoms with van der Waals surface area (Å²) in [5.41, 5.74) is 1.27. The van der Waals surface area contributed by atoms with Crippen molar-refractivity contribution in [2.75, 3.05) is 33.4 Å². The molecule has 1 saturated carbocycles. The first kappa shape index (κ1) is 19.1. The van der Waals surface area contributed by atoms with Crippen LogP contribution in [0.4, 0.5) is 0 Å². The van der Waals surface area contributed by atoms with Gasteiger partial charge in [0.15, 0.2) is 0 Å². The molecule has 26 heavy (non-hydrogen) atoms. The van der Waals surface area contributed by atoms with Gasteiger partial charge < -0.3 is 19.9 Å². The number of rotatable bonds is 7. The van der Waals surface area contributed by atoms with E-state index in [0.717, 1.165) is 38.2 Å². The van der Waals surface area contributed by atoms with Gasteiger partial charge in [0.2, 0.25) is 5.91 Å². The number of methoxy groups -OCH3 is 1. The number of fused-ring (bicyclic) bond motifs is 1. The van der Waals surface area contributed by atoms with Crippen LogP contribution in [0.2, 0.25) is 0 Å². The second-order valence-corrected chi connectivity index (χ2v) is 7.48. The van der Waals surface area contributed by atoms with Gasteiger partial charge in [-0.3, -0.25) is 9.69 Å². The van der Waals surface area contributed by atoms with Crippen LogP contribution in [0.25, 0.3) is 0 Å². The quantitative estimate of drug-likeness (QED) is 0.768. The Balaban J connectivity index is 1.55. The second kappa shape index (κ2) is 8.84. The van der Waals surface area contributed by atoms with Gasteiger partial charge in [-0.05, 0) is 42.4 Å². The highest BCUT2D eigenvalue weighted by Gasteiger charge is 2.42. The van der Waals surface area contributed by atoms with Crippen molar-refractivity contribution in [1.29, 1.82) is 0 Å². The average molecular weight is 362 g/mol. The van der Waals surface area contributed by atoms with E-state index in [1.54, 1.807) is 14.0 Å². The van der Waals surface area contributed by atoms with Crippen LogP contribution in [0.15, 0.2) is 24.3 Å². The largest absolute Gasteiger partial charge is 0.491 e. The van der Waals surface area contributed by atoms with Gasteiger partial charge in [0.05, 0.1) is 18.8 Å². The molecule has 0 unspecified atom stereocenters. The molecule has 1 heterocycles. The zero-order valence-electron chi connectivity index (χ0n) is 15.7. The molecule has 1 aromatic carbocycles. The first-order chi connectivity index (χ1) is 12.6. The maximum atomic E-state index is 11.5. The highest BCUT2D eigenvalue weighted by atomic mass is 16.5. The molecule has 6 heteroatoms. The fourth-order valence-corrected chi connectivity index (χ4v) is 4.43. The van der Waals surface area contributed by atoms with E-state index in [1.807, 2.05) is 12.1 Å². The molecule has 1 amide bonds. The summed E-state index contributed by atoms with van der Waals surface area (Å²) in [4.78, 5) is 14.0. The Kier molecular flexibility index (Phi) is 6.51. The fourth-order valence-electron chi connectivity index (χ4n) is 4.43. The van der Waals surface area contributed by atoms with Gasteiger partial charge in [-0.2, -0.15) is 0 Å². The molecular weight excluding hydrogens is 332 g/mol. The monoisotopic (exact) mass is 362 g/mol. The molecule has 3 rings (SSSR count). The number of likely N-dealkylation sites (tertiary alicyclic amines) is 1. The Hall–Kier alpha value is -1.63. The maximum absolute atomic E-state index is 11.5. The third-order valence-electron chi connectivity index (χ3n) is 5.57. The van der Waals surface area contributed by atoms with E-state index in [0.29, 0.717) is 18.4 Å². The lowest BCUT2D eigenvalue weighted by Crippen LogP contribution is -2.49. The van der Waals surface area contributed by atoms with Crippen molar-refractivity contribution in [2.24, 2.45) is 11.8 Å². The van der Waals surface area contributed by atoms with Gasteiger partial charge in [0, 0.05) is 33.7 Å². The van der Waals surface area contributed by atoms with Crippen LogP contribution < -0.4 is 10.1 Å². The van der Waals surface area contributed by atoms with E-state index in [2.05, 4.69) is 22.3 Å². The Morgan fingerprint density at radius 3 is 2.54 bits per heavy atom. The number of aliphatic hydroxyl groups excluding tert-OH is 1. The Morgan fingerprint density at radius 1 is 1.23 bits per heavy atom. The van der Waals surface area contributed by atoms with Gasteiger partial charge in [-0.15, -0.1) is 0 Å². The molecule has 1 aliphatic carbocycles. The summed E-state index contributed by atoms with van der Waals surface area (Å²) >= 11 is 0. The summed E-state index contributed by atoms with van der Waals surface area (Å²) in [5.74, 6) is 2.07. The first-order valence-corrected chi connectivity index (χ1v) is 9.44. The SMILES string of the molecule is CO[C@@H]1C[C@H]2CN(Cc3ccc(OCCO)cc3)C[C@H]2C[C@H]1NC(C)=O. The molecule has 1 saturated heterocycles. The van der Waals surface area contributed by atoms with Crippen molar-refractivity contribution in [2.45, 2.75) is 38.5 Å². The molecule has 0 spiro atoms. The Morgan fingerprint density at radius 2 is 1.92 bits per heavy atom. The highest BCUT2D eigenvalue weighted by Crippen LogP contribution is 2.38. The van der Waals surface area contributed by atoms with Crippen molar-refractivity contribution in [3.05, 3.63) is 29.8 Å². The zero-order valence-corrected chi connectivity index (χ0v) is 15.7. The Labute approximate surface area is 155 Å². The minimum atomic E-state index is 0.0221. The molecule has 2 N–H and O–H groups in total. The summed E-state index contributed by atoms with van der Waals surface area (Å²) < 4.78 is 11.1. The van der Waals surface area contributed by atoms with Gasteiger partial charge in [0.25, 0.3) is 0 Å². The van der Waals surface area contributed by atoms with E-state index < -0.39 is 0 Å². The van der Waals surface area contributed by atoms with Gasteiger partial charge in [-0.25, -0.2) is 0 Å². The topological polar surface area (TPSA) is 71.0 Å². The predicted octanol–water partition coefficient (Wildman–Crippen LogP) is 1.42. The molecule has 2 fully saturated rings. The minimum Gasteiger partial charge on any atom is -0.491 e. The minimum absolute atomic E-state index is 0.0221. The second-order valence-electron chi connectivity index (χ2n) is 7.48. The van der Waals surface area contributed by atoms with E-state index in [4.69, 9.17) is 14.6 Å². The maximum Gasteiger partial charge on any atom is 0.217 e. The van der Waals surface area contributed by atoms with E-state index in [9.17, 15) is 4.79 Å². The van der Waals surface area contributed by atoms with Crippen molar-refractivity contribution in [1.82, 2.24) is 10.2 Å². The van der Waals surface area contributed by atoms with Crippen molar-refractivity contribution in [3.8, 4) is 5.75 Å². The van der Waals surface area contributed by atoms with Crippen LogP contribution >= 0.6 is 0 Å². The molecule has 0 aromatic heterocycles. The number of amides is 1. The number of aliphatic hydroxyl groups is 1. The highest BCUT2D eigenvalue weighted by molar-refractivity contribution is 5.73. The van der Waals surface area contributed by atoms with Gasteiger partial charge in [-0.1, -0.05) is 12.1 Å². The summed E-state index contributed by atoms with van der Waals surface area (Å²) in [6.07, 6.45) is 2.12. The summed E-state index contributed by atoms with van der Waals surface area (Å²) in [7, 11) is 1.74. The molecular formula is C20H30N2O4. The normalized spacial score (nSPS) is 28.6. The number of ether oxygens (including phenoxy) is 2. The van der Waals surface area contributed by atoms with Crippen molar-refractivity contribution >= 4 is 5.91 Å². The lowest BCUT2D eigenvalue weighted by molar-refractivity contribution is -0.121. The lowest BCUT2D eigenvalue weighted by atomic mass is 9.77. The molecule has 1 aliphatic heterocycles. The molecule has 0 radical (unpaired) electrons. The van der Waals surface area contributed by atoms with Crippen LogP contribution in [0, 0.1) is 11.8 Å². The third-order valence-corrected chi connectivity index (χ3v) is 5.57. The lowest BCUT2D eigenvalue weighted by Gasteiger charge is -2.37. The van der Waals surface area contributed by atoms with Gasteiger partial charge >= 0.3 is 0 Å². The zero-order chi connectivity index (χ0) is 18.5. The van der Waals surface area contributed by atoms with Crippen molar-refractivity contribution < 1.29 is 19.4 Å². The molecule has 144 valence electrons. The Bertz CT molecular complexity index is 592. The third kappa shape index (κ3) is 4.75. The smallest absolute Gasteiger partial charge is 0.217 e.